The molecule has 0 aliphatic carbocycles. The molecule has 1 amide bonds. The van der Waals surface area contributed by atoms with Crippen molar-refractivity contribution >= 4 is 11.9 Å². The van der Waals surface area contributed by atoms with E-state index >= 15 is 0 Å². The van der Waals surface area contributed by atoms with Crippen LogP contribution < -0.4 is 9.47 Å². The Morgan fingerprint density at radius 2 is 2.05 bits per heavy atom. The zero-order valence-corrected chi connectivity index (χ0v) is 12.7. The van der Waals surface area contributed by atoms with Gasteiger partial charge in [-0.3, -0.25) is 4.79 Å². The van der Waals surface area contributed by atoms with Gasteiger partial charge in [0.2, 0.25) is 11.8 Å². The fourth-order valence-corrected chi connectivity index (χ4v) is 2.19. The smallest absolute Gasteiger partial charge is 0.397 e. The molecular formula is C14H19N3O5. The molecule has 0 saturated carbocycles. The number of carbonyl (C=O) groups excluding carboxylic acids is 2. The molecule has 8 nitrogen and oxygen atoms in total. The van der Waals surface area contributed by atoms with Gasteiger partial charge in [-0.15, -0.1) is 10.2 Å². The van der Waals surface area contributed by atoms with E-state index in [1.807, 2.05) is 0 Å². The average molecular weight is 309 g/mol. The van der Waals surface area contributed by atoms with E-state index in [2.05, 4.69) is 10.2 Å². The Kier molecular flexibility index (Phi) is 5.51. The highest BCUT2D eigenvalue weighted by Crippen LogP contribution is 2.17. The summed E-state index contributed by atoms with van der Waals surface area (Å²) in [5, 5.41) is 7.70. The lowest BCUT2D eigenvalue weighted by atomic mass is 10.1. The number of ether oxygens (including phenoxy) is 3. The predicted octanol–water partition coefficient (Wildman–Crippen LogP) is 0.418. The molecule has 0 spiro atoms. The van der Waals surface area contributed by atoms with Gasteiger partial charge in [0, 0.05) is 18.7 Å². The first kappa shape index (κ1) is 16.0. The zero-order chi connectivity index (χ0) is 15.9. The maximum absolute atomic E-state index is 11.9. The fraction of sp³-hybridized carbons (Fsp3) is 0.571. The van der Waals surface area contributed by atoms with Crippen LogP contribution in [0.1, 0.15) is 19.8 Å². The molecule has 0 radical (unpaired) electrons. The lowest BCUT2D eigenvalue weighted by Crippen LogP contribution is -2.47. The molecule has 0 aromatic carbocycles. The average Bonchev–Trinajstić information content (AvgIpc) is 2.55. The Morgan fingerprint density at radius 1 is 1.32 bits per heavy atom. The maximum atomic E-state index is 11.9. The van der Waals surface area contributed by atoms with Crippen LogP contribution in [0, 0.1) is 0 Å². The number of hydrogen-bond acceptors (Lipinski definition) is 7. The molecule has 2 rings (SSSR count). The summed E-state index contributed by atoms with van der Waals surface area (Å²) in [4.78, 5) is 24.9. The molecule has 1 unspecified atom stereocenters. The zero-order valence-electron chi connectivity index (χ0n) is 12.7. The largest absolute Gasteiger partial charge is 0.480 e. The van der Waals surface area contributed by atoms with E-state index in [9.17, 15) is 9.59 Å². The van der Waals surface area contributed by atoms with Gasteiger partial charge in [-0.05, 0) is 19.8 Å². The number of hydrogen-bond donors (Lipinski definition) is 0. The number of likely N-dealkylation sites (tertiary alicyclic amines) is 1. The topological polar surface area (TPSA) is 90.9 Å². The summed E-state index contributed by atoms with van der Waals surface area (Å²) in [5.41, 5.74) is 0. The van der Waals surface area contributed by atoms with Gasteiger partial charge in [0.05, 0.1) is 20.3 Å². The lowest BCUT2D eigenvalue weighted by Gasteiger charge is -2.31. The quantitative estimate of drug-likeness (QED) is 0.588. The van der Waals surface area contributed by atoms with Crippen LogP contribution in [-0.4, -0.2) is 59.9 Å². The van der Waals surface area contributed by atoms with Crippen LogP contribution >= 0.6 is 0 Å². The Bertz CT molecular complexity index is 520. The maximum Gasteiger partial charge on any atom is 0.397 e. The summed E-state index contributed by atoms with van der Waals surface area (Å²) in [5.74, 6) is -0.699. The minimum atomic E-state index is -0.826. The number of carbonyl (C=O) groups is 2. The van der Waals surface area contributed by atoms with Gasteiger partial charge >= 0.3 is 11.9 Å². The number of nitrogens with zero attached hydrogens (tertiary/aromatic N) is 3. The van der Waals surface area contributed by atoms with E-state index in [4.69, 9.17) is 14.2 Å². The molecule has 22 heavy (non-hydrogen) atoms. The molecule has 1 atom stereocenters. The first-order valence-corrected chi connectivity index (χ1v) is 7.14. The van der Waals surface area contributed by atoms with Gasteiger partial charge < -0.3 is 19.1 Å². The van der Waals surface area contributed by atoms with E-state index in [1.54, 1.807) is 19.1 Å². The first-order chi connectivity index (χ1) is 10.6. The lowest BCUT2D eigenvalue weighted by molar-refractivity contribution is -0.161. The molecule has 8 heteroatoms. The molecular weight excluding hydrogens is 290 g/mol. The predicted molar refractivity (Wildman–Crippen MR) is 75.4 cm³/mol. The third kappa shape index (κ3) is 4.06. The van der Waals surface area contributed by atoms with E-state index in [1.165, 1.54) is 12.0 Å². The van der Waals surface area contributed by atoms with E-state index in [0.29, 0.717) is 24.8 Å². The van der Waals surface area contributed by atoms with Crippen molar-refractivity contribution in [3.8, 4) is 11.8 Å². The number of piperidine rings is 1. The van der Waals surface area contributed by atoms with E-state index in [-0.39, 0.29) is 12.7 Å². The van der Waals surface area contributed by atoms with Crippen LogP contribution in [0.3, 0.4) is 0 Å². The van der Waals surface area contributed by atoms with Crippen molar-refractivity contribution in [3.63, 3.8) is 0 Å². The number of aromatic nitrogens is 2. The van der Waals surface area contributed by atoms with Crippen molar-refractivity contribution in [1.82, 2.24) is 15.1 Å². The van der Waals surface area contributed by atoms with Gasteiger partial charge in [-0.25, -0.2) is 4.79 Å². The molecule has 1 fully saturated rings. The highest BCUT2D eigenvalue weighted by atomic mass is 16.5. The first-order valence-electron chi connectivity index (χ1n) is 7.14. The molecule has 1 aromatic rings. The van der Waals surface area contributed by atoms with Crippen molar-refractivity contribution in [3.05, 3.63) is 12.1 Å². The highest BCUT2D eigenvalue weighted by Gasteiger charge is 2.29. The molecule has 0 N–H and O–H groups in total. The molecule has 0 bridgehead atoms. The van der Waals surface area contributed by atoms with Gasteiger partial charge in [0.25, 0.3) is 0 Å². The normalized spacial score (nSPS) is 17.7. The van der Waals surface area contributed by atoms with Crippen molar-refractivity contribution in [2.45, 2.75) is 25.9 Å². The van der Waals surface area contributed by atoms with Crippen LogP contribution in [0.25, 0.3) is 0 Å². The van der Waals surface area contributed by atoms with Crippen LogP contribution in [0.2, 0.25) is 0 Å². The molecule has 1 aromatic heterocycles. The molecule has 1 aliphatic rings. The van der Waals surface area contributed by atoms with Crippen molar-refractivity contribution in [1.29, 1.82) is 0 Å². The third-order valence-corrected chi connectivity index (χ3v) is 3.23. The van der Waals surface area contributed by atoms with Crippen LogP contribution in [0.5, 0.6) is 11.8 Å². The fourth-order valence-electron chi connectivity index (χ4n) is 2.19. The van der Waals surface area contributed by atoms with Gasteiger partial charge in [0.1, 0.15) is 6.10 Å². The van der Waals surface area contributed by atoms with Gasteiger partial charge in [-0.2, -0.15) is 0 Å². The second kappa shape index (κ2) is 7.58. The Hall–Kier alpha value is -2.38. The highest BCUT2D eigenvalue weighted by molar-refractivity contribution is 6.32. The van der Waals surface area contributed by atoms with Crippen LogP contribution in [0.15, 0.2) is 12.1 Å². The van der Waals surface area contributed by atoms with Crippen molar-refractivity contribution in [2.24, 2.45) is 0 Å². The van der Waals surface area contributed by atoms with Crippen molar-refractivity contribution in [2.75, 3.05) is 26.8 Å². The van der Waals surface area contributed by atoms with Crippen LogP contribution in [0.4, 0.5) is 0 Å². The summed E-state index contributed by atoms with van der Waals surface area (Å²) in [6.07, 6.45) is 1.30. The summed E-state index contributed by atoms with van der Waals surface area (Å²) >= 11 is 0. The summed E-state index contributed by atoms with van der Waals surface area (Å²) in [6.45, 7) is 2.69. The second-order valence-electron chi connectivity index (χ2n) is 4.77. The monoisotopic (exact) mass is 309 g/mol. The number of esters is 1. The van der Waals surface area contributed by atoms with E-state index in [0.717, 1.165) is 12.8 Å². The Morgan fingerprint density at radius 3 is 2.68 bits per heavy atom. The molecule has 120 valence electrons. The molecule has 1 aliphatic heterocycles. The number of methoxy groups -OCH3 is 1. The van der Waals surface area contributed by atoms with Gasteiger partial charge in [-0.1, -0.05) is 0 Å². The number of amides is 1. The summed E-state index contributed by atoms with van der Waals surface area (Å²) in [6, 6.07) is 3.30. The summed E-state index contributed by atoms with van der Waals surface area (Å²) < 4.78 is 15.4. The Balaban J connectivity index is 1.92. The second-order valence-corrected chi connectivity index (χ2v) is 4.77. The van der Waals surface area contributed by atoms with Crippen molar-refractivity contribution < 1.29 is 23.8 Å². The van der Waals surface area contributed by atoms with Crippen LogP contribution in [-0.2, 0) is 14.3 Å². The summed E-state index contributed by atoms with van der Waals surface area (Å²) in [7, 11) is 1.50. The standard InChI is InChI=1S/C14H19N3O5/c1-3-21-14(19)13(18)17-8-4-5-10(9-17)22-12-7-6-11(20-2)15-16-12/h6-7,10H,3-5,8-9H2,1-2H3. The SMILES string of the molecule is CCOC(=O)C(=O)N1CCCC(Oc2ccc(OC)nn2)C1. The minimum Gasteiger partial charge on any atom is -0.480 e. The Labute approximate surface area is 128 Å². The molecule has 2 heterocycles. The third-order valence-electron chi connectivity index (χ3n) is 3.23. The van der Waals surface area contributed by atoms with E-state index < -0.39 is 11.9 Å². The van der Waals surface area contributed by atoms with Gasteiger partial charge in [0.15, 0.2) is 0 Å². The minimum absolute atomic E-state index is 0.180. The molecule has 1 saturated heterocycles. The number of rotatable bonds is 4.